The van der Waals surface area contributed by atoms with Crippen molar-refractivity contribution in [2.24, 2.45) is 7.05 Å². The molecule has 122 valence electrons. The maximum Gasteiger partial charge on any atom is 0.359 e. The fourth-order valence-electron chi connectivity index (χ4n) is 2.21. The van der Waals surface area contributed by atoms with E-state index in [-0.39, 0.29) is 23.4 Å². The van der Waals surface area contributed by atoms with E-state index in [1.165, 1.54) is 29.6 Å². The Morgan fingerprint density at radius 2 is 2.00 bits per heavy atom. The average molecular weight is 326 g/mol. The molecule has 3 rings (SSSR count). The highest BCUT2D eigenvalue weighted by molar-refractivity contribution is 5.86. The number of hydrogen-bond donors (Lipinski definition) is 0. The summed E-state index contributed by atoms with van der Waals surface area (Å²) >= 11 is 0. The zero-order chi connectivity index (χ0) is 17.3. The van der Waals surface area contributed by atoms with E-state index in [1.54, 1.807) is 12.3 Å². The minimum absolute atomic E-state index is 0.00536. The number of nitrogens with zero attached hydrogens (tertiary/aromatic N) is 4. The van der Waals surface area contributed by atoms with Crippen LogP contribution in [0.4, 0.5) is 0 Å². The molecule has 0 aliphatic rings. The number of pyridine rings is 1. The number of aryl methyl sites for hydroxylation is 2. The topological polar surface area (TPSA) is 95.6 Å². The first-order valence-corrected chi connectivity index (χ1v) is 7.15. The zero-order valence-corrected chi connectivity index (χ0v) is 13.1. The average Bonchev–Trinajstić information content (AvgIpc) is 2.56. The van der Waals surface area contributed by atoms with Gasteiger partial charge in [-0.1, -0.05) is 6.07 Å². The summed E-state index contributed by atoms with van der Waals surface area (Å²) in [6.45, 7) is 1.68. The minimum atomic E-state index is -0.697. The van der Waals surface area contributed by atoms with Crippen LogP contribution in [-0.4, -0.2) is 25.1 Å². The molecule has 8 heteroatoms. The molecule has 0 spiro atoms. The van der Waals surface area contributed by atoms with Crippen molar-refractivity contribution in [3.05, 3.63) is 74.2 Å². The van der Waals surface area contributed by atoms with Crippen LogP contribution in [0.2, 0.25) is 0 Å². The SMILES string of the molecule is Cc1cccn2c(=O)cc(COC(=O)c3ccc(=O)n(C)n3)nc12. The predicted octanol–water partition coefficient (Wildman–Crippen LogP) is 0.454. The number of carbonyl (C=O) groups excluding carboxylic acids is 1. The van der Waals surface area contributed by atoms with Gasteiger partial charge in [-0.3, -0.25) is 14.0 Å². The Morgan fingerprint density at radius 3 is 2.75 bits per heavy atom. The number of hydrogen-bond acceptors (Lipinski definition) is 6. The van der Waals surface area contributed by atoms with Gasteiger partial charge in [-0.25, -0.2) is 14.5 Å². The van der Waals surface area contributed by atoms with Crippen molar-refractivity contribution >= 4 is 11.6 Å². The Kier molecular flexibility index (Phi) is 3.95. The van der Waals surface area contributed by atoms with Crippen LogP contribution >= 0.6 is 0 Å². The van der Waals surface area contributed by atoms with Crippen LogP contribution in [0.1, 0.15) is 21.7 Å². The molecule has 0 unspecified atom stereocenters. The molecule has 0 aliphatic carbocycles. The van der Waals surface area contributed by atoms with Crippen LogP contribution in [0.5, 0.6) is 0 Å². The maximum absolute atomic E-state index is 12.1. The van der Waals surface area contributed by atoms with Gasteiger partial charge in [-0.05, 0) is 24.6 Å². The van der Waals surface area contributed by atoms with Gasteiger partial charge >= 0.3 is 5.97 Å². The van der Waals surface area contributed by atoms with Crippen molar-refractivity contribution < 1.29 is 9.53 Å². The molecule has 0 aromatic carbocycles. The van der Waals surface area contributed by atoms with E-state index in [0.717, 1.165) is 10.2 Å². The van der Waals surface area contributed by atoms with Crippen molar-refractivity contribution in [1.29, 1.82) is 0 Å². The van der Waals surface area contributed by atoms with E-state index in [2.05, 4.69) is 10.1 Å². The van der Waals surface area contributed by atoms with Gasteiger partial charge in [-0.2, -0.15) is 5.10 Å². The normalized spacial score (nSPS) is 10.8. The highest BCUT2D eigenvalue weighted by atomic mass is 16.5. The first kappa shape index (κ1) is 15.6. The first-order valence-electron chi connectivity index (χ1n) is 7.15. The Hall–Kier alpha value is -3.29. The highest BCUT2D eigenvalue weighted by Crippen LogP contribution is 2.07. The molecule has 0 fully saturated rings. The molecule has 3 heterocycles. The van der Waals surface area contributed by atoms with Crippen LogP contribution in [0.15, 0.2) is 46.1 Å². The molecular weight excluding hydrogens is 312 g/mol. The standard InChI is InChI=1S/C16H14N4O4/c1-10-4-3-7-20-14(22)8-11(17-15(10)20)9-24-16(23)12-5-6-13(21)19(2)18-12/h3-8H,9H2,1-2H3. The Morgan fingerprint density at radius 1 is 1.21 bits per heavy atom. The number of fused-ring (bicyclic) bond motifs is 1. The molecule has 0 saturated carbocycles. The number of rotatable bonds is 3. The number of aromatic nitrogens is 4. The molecule has 0 radical (unpaired) electrons. The molecular formula is C16H14N4O4. The summed E-state index contributed by atoms with van der Waals surface area (Å²) in [5.41, 5.74) is 1.11. The van der Waals surface area contributed by atoms with Gasteiger partial charge < -0.3 is 4.74 Å². The quantitative estimate of drug-likeness (QED) is 0.649. The number of esters is 1. The molecule has 8 nitrogen and oxygen atoms in total. The number of ether oxygens (including phenoxy) is 1. The van der Waals surface area contributed by atoms with E-state index in [0.29, 0.717) is 11.3 Å². The van der Waals surface area contributed by atoms with Gasteiger partial charge in [0.25, 0.3) is 11.1 Å². The van der Waals surface area contributed by atoms with Crippen LogP contribution in [0, 0.1) is 6.92 Å². The van der Waals surface area contributed by atoms with Gasteiger partial charge in [0.1, 0.15) is 12.3 Å². The second-order valence-electron chi connectivity index (χ2n) is 5.23. The third-order valence-electron chi connectivity index (χ3n) is 3.46. The van der Waals surface area contributed by atoms with E-state index in [1.807, 2.05) is 13.0 Å². The van der Waals surface area contributed by atoms with E-state index in [9.17, 15) is 14.4 Å². The lowest BCUT2D eigenvalue weighted by Gasteiger charge is -2.07. The second kappa shape index (κ2) is 6.07. The fourth-order valence-corrected chi connectivity index (χ4v) is 2.21. The Bertz CT molecular complexity index is 1050. The molecule has 0 amide bonds. The predicted molar refractivity (Wildman–Crippen MR) is 84.8 cm³/mol. The maximum atomic E-state index is 12.1. The van der Waals surface area contributed by atoms with Gasteiger partial charge in [0.15, 0.2) is 5.69 Å². The van der Waals surface area contributed by atoms with Gasteiger partial charge in [-0.15, -0.1) is 0 Å². The highest BCUT2D eigenvalue weighted by Gasteiger charge is 2.12. The fraction of sp³-hybridized carbons (Fsp3) is 0.188. The lowest BCUT2D eigenvalue weighted by molar-refractivity contribution is 0.0458. The lowest BCUT2D eigenvalue weighted by Crippen LogP contribution is -2.22. The molecule has 0 bridgehead atoms. The summed E-state index contributed by atoms with van der Waals surface area (Å²) in [4.78, 5) is 39.7. The van der Waals surface area contributed by atoms with Crippen molar-refractivity contribution in [2.75, 3.05) is 0 Å². The summed E-state index contributed by atoms with van der Waals surface area (Å²) < 4.78 is 7.59. The molecule has 0 saturated heterocycles. The van der Waals surface area contributed by atoms with E-state index >= 15 is 0 Å². The lowest BCUT2D eigenvalue weighted by atomic mass is 10.3. The molecule has 0 N–H and O–H groups in total. The molecule has 3 aromatic heterocycles. The summed E-state index contributed by atoms with van der Waals surface area (Å²) in [7, 11) is 1.44. The van der Waals surface area contributed by atoms with Gasteiger partial charge in [0.05, 0.1) is 5.69 Å². The van der Waals surface area contributed by atoms with E-state index < -0.39 is 5.97 Å². The first-order chi connectivity index (χ1) is 11.5. The summed E-state index contributed by atoms with van der Waals surface area (Å²) in [5.74, 6) is -0.697. The summed E-state index contributed by atoms with van der Waals surface area (Å²) in [5, 5.41) is 3.81. The summed E-state index contributed by atoms with van der Waals surface area (Å²) in [6, 6.07) is 7.43. The van der Waals surface area contributed by atoms with Crippen LogP contribution < -0.4 is 11.1 Å². The van der Waals surface area contributed by atoms with E-state index in [4.69, 9.17) is 4.74 Å². The molecule has 0 atom stereocenters. The van der Waals surface area contributed by atoms with Crippen LogP contribution in [0.3, 0.4) is 0 Å². The van der Waals surface area contributed by atoms with Crippen molar-refractivity contribution in [3.8, 4) is 0 Å². The van der Waals surface area contributed by atoms with Crippen LogP contribution in [0.25, 0.3) is 5.65 Å². The van der Waals surface area contributed by atoms with Crippen molar-refractivity contribution in [2.45, 2.75) is 13.5 Å². The molecule has 3 aromatic rings. The van der Waals surface area contributed by atoms with Crippen molar-refractivity contribution in [3.63, 3.8) is 0 Å². The molecule has 24 heavy (non-hydrogen) atoms. The third kappa shape index (κ3) is 2.94. The van der Waals surface area contributed by atoms with Crippen molar-refractivity contribution in [1.82, 2.24) is 19.2 Å². The Labute approximate surface area is 136 Å². The van der Waals surface area contributed by atoms with Gasteiger partial charge in [0.2, 0.25) is 0 Å². The third-order valence-corrected chi connectivity index (χ3v) is 3.46. The monoisotopic (exact) mass is 326 g/mol. The second-order valence-corrected chi connectivity index (χ2v) is 5.23. The van der Waals surface area contributed by atoms with Crippen LogP contribution in [-0.2, 0) is 18.4 Å². The smallest absolute Gasteiger partial charge is 0.359 e. The van der Waals surface area contributed by atoms with Gasteiger partial charge in [0, 0.05) is 25.4 Å². The molecule has 0 aliphatic heterocycles. The zero-order valence-electron chi connectivity index (χ0n) is 13.1. The minimum Gasteiger partial charge on any atom is -0.454 e. The number of carbonyl (C=O) groups is 1. The summed E-state index contributed by atoms with van der Waals surface area (Å²) in [6.07, 6.45) is 1.63. The largest absolute Gasteiger partial charge is 0.454 e. The Balaban J connectivity index is 1.84.